The van der Waals surface area contributed by atoms with E-state index >= 15 is 0 Å². The molecule has 8 heteroatoms. The zero-order valence-electron chi connectivity index (χ0n) is 23.9. The van der Waals surface area contributed by atoms with Crippen molar-refractivity contribution in [1.82, 2.24) is 10.3 Å². The van der Waals surface area contributed by atoms with Gasteiger partial charge in [0.2, 0.25) is 5.91 Å². The van der Waals surface area contributed by atoms with Crippen LogP contribution in [-0.4, -0.2) is 48.3 Å². The molecule has 1 aromatic heterocycles. The standard InChI is InChI=1S/C32H40N2O6/c1-32(2,3)40-31(36)29-28(21-12-8-13-22(16-21)33-30(35)25-14-9-15-38-25)23-17-26(37-4)27(18-24(23)34-29)39-19-20-10-6-5-7-11-20/h5-7,10-11,17-18,21-22,25,34H,8-9,12-16,19H2,1-4H3,(H,33,35)/t21-,22+,25-/m0/s1. The summed E-state index contributed by atoms with van der Waals surface area (Å²) in [5.41, 5.74) is 2.55. The van der Waals surface area contributed by atoms with Crippen molar-refractivity contribution < 1.29 is 28.5 Å². The second-order valence-electron chi connectivity index (χ2n) is 11.8. The second-order valence-corrected chi connectivity index (χ2v) is 11.8. The van der Waals surface area contributed by atoms with Crippen LogP contribution in [0.3, 0.4) is 0 Å². The smallest absolute Gasteiger partial charge is 0.355 e. The fraction of sp³-hybridized carbons (Fsp3) is 0.500. The summed E-state index contributed by atoms with van der Waals surface area (Å²) in [4.78, 5) is 29.6. The normalized spacial score (nSPS) is 21.2. The summed E-state index contributed by atoms with van der Waals surface area (Å²) < 4.78 is 23.3. The van der Waals surface area contributed by atoms with Gasteiger partial charge in [-0.1, -0.05) is 36.8 Å². The van der Waals surface area contributed by atoms with E-state index in [1.165, 1.54) is 0 Å². The van der Waals surface area contributed by atoms with Crippen LogP contribution in [0.5, 0.6) is 11.5 Å². The molecule has 1 saturated heterocycles. The molecule has 8 nitrogen and oxygen atoms in total. The minimum atomic E-state index is -0.641. The lowest BCUT2D eigenvalue weighted by molar-refractivity contribution is -0.131. The number of H-pyrrole nitrogens is 1. The largest absolute Gasteiger partial charge is 0.493 e. The first-order valence-electron chi connectivity index (χ1n) is 14.3. The second kappa shape index (κ2) is 11.9. The number of hydrogen-bond donors (Lipinski definition) is 2. The maximum absolute atomic E-state index is 13.5. The fourth-order valence-corrected chi connectivity index (χ4v) is 5.81. The molecule has 0 radical (unpaired) electrons. The first kappa shape index (κ1) is 28.0. The van der Waals surface area contributed by atoms with Gasteiger partial charge in [-0.15, -0.1) is 0 Å². The van der Waals surface area contributed by atoms with Gasteiger partial charge in [0.05, 0.1) is 12.6 Å². The maximum atomic E-state index is 13.5. The van der Waals surface area contributed by atoms with Gasteiger partial charge in [-0.2, -0.15) is 0 Å². The van der Waals surface area contributed by atoms with Gasteiger partial charge in [-0.3, -0.25) is 4.79 Å². The van der Waals surface area contributed by atoms with E-state index in [0.29, 0.717) is 30.4 Å². The zero-order valence-corrected chi connectivity index (χ0v) is 23.9. The van der Waals surface area contributed by atoms with Crippen LogP contribution >= 0.6 is 0 Å². The third-order valence-corrected chi connectivity index (χ3v) is 7.61. The monoisotopic (exact) mass is 548 g/mol. The van der Waals surface area contributed by atoms with E-state index in [9.17, 15) is 9.59 Å². The predicted octanol–water partition coefficient (Wildman–Crippen LogP) is 6.03. The lowest BCUT2D eigenvalue weighted by atomic mass is 9.80. The van der Waals surface area contributed by atoms with Crippen molar-refractivity contribution in [2.45, 2.75) is 89.6 Å². The van der Waals surface area contributed by atoms with Crippen LogP contribution in [0.4, 0.5) is 0 Å². The van der Waals surface area contributed by atoms with Crippen LogP contribution in [0, 0.1) is 0 Å². The number of ether oxygens (including phenoxy) is 4. The fourth-order valence-electron chi connectivity index (χ4n) is 5.81. The molecule has 0 spiro atoms. The molecule has 1 amide bonds. The number of carbonyl (C=O) groups excluding carboxylic acids is 2. The molecule has 1 aliphatic heterocycles. The van der Waals surface area contributed by atoms with Crippen molar-refractivity contribution in [2.75, 3.05) is 13.7 Å². The summed E-state index contributed by atoms with van der Waals surface area (Å²) in [6.07, 6.45) is 4.81. The Balaban J connectivity index is 1.47. The summed E-state index contributed by atoms with van der Waals surface area (Å²) in [6.45, 7) is 6.62. The number of esters is 1. The van der Waals surface area contributed by atoms with Crippen LogP contribution < -0.4 is 14.8 Å². The van der Waals surface area contributed by atoms with E-state index in [4.69, 9.17) is 18.9 Å². The van der Waals surface area contributed by atoms with Gasteiger partial charge in [0.15, 0.2) is 11.5 Å². The summed E-state index contributed by atoms with van der Waals surface area (Å²) >= 11 is 0. The molecular weight excluding hydrogens is 508 g/mol. The number of methoxy groups -OCH3 is 1. The van der Waals surface area contributed by atoms with Crippen LogP contribution in [0.15, 0.2) is 42.5 Å². The molecule has 3 aromatic rings. The van der Waals surface area contributed by atoms with E-state index in [1.807, 2.05) is 63.2 Å². The van der Waals surface area contributed by atoms with Gasteiger partial charge in [0.25, 0.3) is 0 Å². The first-order valence-corrected chi connectivity index (χ1v) is 14.3. The molecule has 1 aliphatic carbocycles. The molecule has 3 atom stereocenters. The zero-order chi connectivity index (χ0) is 28.3. The van der Waals surface area contributed by atoms with E-state index < -0.39 is 11.6 Å². The molecule has 2 aliphatic rings. The summed E-state index contributed by atoms with van der Waals surface area (Å²) in [7, 11) is 1.62. The number of amides is 1. The van der Waals surface area contributed by atoms with Crippen molar-refractivity contribution in [3.8, 4) is 11.5 Å². The molecule has 2 fully saturated rings. The highest BCUT2D eigenvalue weighted by atomic mass is 16.6. The minimum Gasteiger partial charge on any atom is -0.493 e. The number of rotatable bonds is 8. The molecule has 0 bridgehead atoms. The lowest BCUT2D eigenvalue weighted by Crippen LogP contribution is -2.43. The van der Waals surface area contributed by atoms with Gasteiger partial charge in [0, 0.05) is 24.1 Å². The van der Waals surface area contributed by atoms with Gasteiger partial charge in [-0.25, -0.2) is 4.79 Å². The highest BCUT2D eigenvalue weighted by molar-refractivity contribution is 6.00. The van der Waals surface area contributed by atoms with E-state index in [2.05, 4.69) is 10.3 Å². The Morgan fingerprint density at radius 1 is 1.05 bits per heavy atom. The number of aromatic nitrogens is 1. The summed E-state index contributed by atoms with van der Waals surface area (Å²) in [5.74, 6) is 0.818. The van der Waals surface area contributed by atoms with Crippen molar-refractivity contribution >= 4 is 22.8 Å². The van der Waals surface area contributed by atoms with E-state index in [1.54, 1.807) is 7.11 Å². The number of carbonyl (C=O) groups is 2. The number of benzene rings is 2. The number of aromatic amines is 1. The maximum Gasteiger partial charge on any atom is 0.355 e. The molecule has 0 unspecified atom stereocenters. The Morgan fingerprint density at radius 2 is 1.85 bits per heavy atom. The Hall–Kier alpha value is -3.52. The van der Waals surface area contributed by atoms with Gasteiger partial charge in [0.1, 0.15) is 24.0 Å². The molecule has 5 rings (SSSR count). The molecule has 1 saturated carbocycles. The SMILES string of the molecule is COc1cc2c([C@H]3CCC[C@@H](NC(=O)[C@@H]4CCCO4)C3)c(C(=O)OC(C)(C)C)[nH]c2cc1OCc1ccccc1. The van der Waals surface area contributed by atoms with E-state index in [-0.39, 0.29) is 24.0 Å². The topological polar surface area (TPSA) is 98.9 Å². The van der Waals surface area contributed by atoms with Crippen molar-refractivity contribution in [1.29, 1.82) is 0 Å². The van der Waals surface area contributed by atoms with Crippen molar-refractivity contribution in [3.63, 3.8) is 0 Å². The molecule has 2 N–H and O–H groups in total. The Kier molecular flexibility index (Phi) is 8.35. The van der Waals surface area contributed by atoms with Gasteiger partial charge < -0.3 is 29.2 Å². The number of hydrogen-bond acceptors (Lipinski definition) is 6. The number of nitrogens with one attached hydrogen (secondary N) is 2. The van der Waals surface area contributed by atoms with Crippen LogP contribution in [0.2, 0.25) is 0 Å². The average Bonchev–Trinajstić information content (AvgIpc) is 3.59. The van der Waals surface area contributed by atoms with E-state index in [0.717, 1.165) is 60.6 Å². The van der Waals surface area contributed by atoms with Gasteiger partial charge >= 0.3 is 5.97 Å². The summed E-state index contributed by atoms with van der Waals surface area (Å²) in [6, 6.07) is 13.8. The molecule has 214 valence electrons. The predicted molar refractivity (Wildman–Crippen MR) is 153 cm³/mol. The van der Waals surface area contributed by atoms with Crippen LogP contribution in [0.25, 0.3) is 10.9 Å². The highest BCUT2D eigenvalue weighted by Crippen LogP contribution is 2.43. The number of fused-ring (bicyclic) bond motifs is 1. The Morgan fingerprint density at radius 3 is 2.55 bits per heavy atom. The van der Waals surface area contributed by atoms with Crippen LogP contribution in [0.1, 0.15) is 86.8 Å². The quantitative estimate of drug-likeness (QED) is 0.334. The lowest BCUT2D eigenvalue weighted by Gasteiger charge is -2.31. The third kappa shape index (κ3) is 6.44. The molecule has 2 aromatic carbocycles. The molecule has 2 heterocycles. The van der Waals surface area contributed by atoms with Crippen LogP contribution in [-0.2, 0) is 20.9 Å². The third-order valence-electron chi connectivity index (χ3n) is 7.61. The highest BCUT2D eigenvalue weighted by Gasteiger charge is 2.34. The summed E-state index contributed by atoms with van der Waals surface area (Å²) in [5, 5.41) is 4.12. The molecular formula is C32H40N2O6. The first-order chi connectivity index (χ1) is 19.2. The Bertz CT molecular complexity index is 1340. The van der Waals surface area contributed by atoms with Gasteiger partial charge in [-0.05, 0) is 76.0 Å². The van der Waals surface area contributed by atoms with Crippen molar-refractivity contribution in [3.05, 3.63) is 59.3 Å². The van der Waals surface area contributed by atoms with Crippen molar-refractivity contribution in [2.24, 2.45) is 0 Å². The minimum absolute atomic E-state index is 0.0160. The Labute approximate surface area is 235 Å². The average molecular weight is 549 g/mol. The molecule has 40 heavy (non-hydrogen) atoms.